The molecule has 0 saturated heterocycles. The van der Waals surface area contributed by atoms with Crippen LogP contribution in [0.2, 0.25) is 0 Å². The second-order valence-electron chi connectivity index (χ2n) is 2.64. The molecule has 0 heterocycles. The zero-order valence-corrected chi connectivity index (χ0v) is 8.87. The van der Waals surface area contributed by atoms with Gasteiger partial charge >= 0.3 is 0 Å². The number of halogens is 1. The van der Waals surface area contributed by atoms with E-state index in [-0.39, 0.29) is 5.69 Å². The lowest BCUT2D eigenvalue weighted by molar-refractivity contribution is -0.385. The van der Waals surface area contributed by atoms with Gasteiger partial charge in [0.15, 0.2) is 0 Å². The normalized spacial score (nSPS) is 9.57. The van der Waals surface area contributed by atoms with Gasteiger partial charge in [0.2, 0.25) is 6.41 Å². The zero-order valence-electron chi connectivity index (χ0n) is 7.28. The highest BCUT2D eigenvalue weighted by Crippen LogP contribution is 2.30. The van der Waals surface area contributed by atoms with Gasteiger partial charge < -0.3 is 5.32 Å². The number of anilines is 1. The van der Waals surface area contributed by atoms with Crippen LogP contribution in [0.3, 0.4) is 0 Å². The highest BCUT2D eigenvalue weighted by atomic mass is 79.9. The largest absolute Gasteiger partial charge is 0.327 e. The molecule has 0 atom stereocenters. The molecule has 0 bridgehead atoms. The van der Waals surface area contributed by atoms with Crippen LogP contribution in [0.25, 0.3) is 0 Å². The molecule has 0 aliphatic rings. The third-order valence-corrected chi connectivity index (χ3v) is 2.31. The van der Waals surface area contributed by atoms with Crippen LogP contribution < -0.4 is 5.32 Å². The smallest absolute Gasteiger partial charge is 0.270 e. The Morgan fingerprint density at radius 2 is 2.21 bits per heavy atom. The number of aryl methyl sites for hydroxylation is 1. The number of nitro groups is 1. The predicted octanol–water partition coefficient (Wildman–Crippen LogP) is 2.23. The van der Waals surface area contributed by atoms with Crippen molar-refractivity contribution in [1.29, 1.82) is 0 Å². The molecule has 1 aromatic rings. The Morgan fingerprint density at radius 1 is 1.57 bits per heavy atom. The summed E-state index contributed by atoms with van der Waals surface area (Å²) in [6.07, 6.45) is 0.527. The van der Waals surface area contributed by atoms with E-state index in [9.17, 15) is 14.9 Å². The fraction of sp³-hybridized carbons (Fsp3) is 0.125. The number of amides is 1. The SMILES string of the molecule is Cc1cc([N+](=O)[O-])cc(Br)c1NC=O. The Hall–Kier alpha value is -1.43. The van der Waals surface area contributed by atoms with Gasteiger partial charge in [0.1, 0.15) is 0 Å². The topological polar surface area (TPSA) is 72.2 Å². The molecule has 1 N–H and O–H groups in total. The molecule has 0 radical (unpaired) electrons. The van der Waals surface area contributed by atoms with Crippen molar-refractivity contribution in [2.24, 2.45) is 0 Å². The van der Waals surface area contributed by atoms with E-state index < -0.39 is 4.92 Å². The van der Waals surface area contributed by atoms with Gasteiger partial charge in [0.05, 0.1) is 10.6 Å². The van der Waals surface area contributed by atoms with E-state index in [0.717, 1.165) is 0 Å². The maximum absolute atomic E-state index is 10.5. The number of hydrogen-bond acceptors (Lipinski definition) is 3. The fourth-order valence-corrected chi connectivity index (χ4v) is 1.73. The van der Waals surface area contributed by atoms with Gasteiger partial charge in [-0.2, -0.15) is 0 Å². The first kappa shape index (κ1) is 10.6. The van der Waals surface area contributed by atoms with Crippen molar-refractivity contribution in [2.45, 2.75) is 6.92 Å². The average Bonchev–Trinajstić information content (AvgIpc) is 2.10. The van der Waals surface area contributed by atoms with E-state index in [2.05, 4.69) is 21.2 Å². The Morgan fingerprint density at radius 3 is 2.64 bits per heavy atom. The molecular formula is C8H7BrN2O3. The van der Waals surface area contributed by atoms with Gasteiger partial charge in [-0.1, -0.05) is 0 Å². The van der Waals surface area contributed by atoms with E-state index in [1.807, 2.05) is 0 Å². The summed E-state index contributed by atoms with van der Waals surface area (Å²) in [5.41, 5.74) is 1.18. The minimum absolute atomic E-state index is 0.00850. The van der Waals surface area contributed by atoms with E-state index in [1.165, 1.54) is 12.1 Å². The van der Waals surface area contributed by atoms with Crippen LogP contribution in [-0.2, 0) is 4.79 Å². The van der Waals surface area contributed by atoms with E-state index in [1.54, 1.807) is 6.92 Å². The zero-order chi connectivity index (χ0) is 10.7. The Labute approximate surface area is 88.4 Å². The molecule has 0 fully saturated rings. The first-order chi connectivity index (χ1) is 6.56. The molecule has 0 aliphatic carbocycles. The van der Waals surface area contributed by atoms with Gasteiger partial charge in [-0.15, -0.1) is 0 Å². The molecule has 1 rings (SSSR count). The van der Waals surface area contributed by atoms with Crippen molar-refractivity contribution < 1.29 is 9.72 Å². The second kappa shape index (κ2) is 4.19. The van der Waals surface area contributed by atoms with Crippen molar-refractivity contribution >= 4 is 33.7 Å². The number of nitro benzene ring substituents is 1. The molecule has 1 amide bonds. The van der Waals surface area contributed by atoms with Crippen LogP contribution in [0.1, 0.15) is 5.56 Å². The number of nitrogens with one attached hydrogen (secondary N) is 1. The minimum Gasteiger partial charge on any atom is -0.327 e. The average molecular weight is 259 g/mol. The van der Waals surface area contributed by atoms with Gasteiger partial charge in [-0.3, -0.25) is 14.9 Å². The van der Waals surface area contributed by atoms with Gasteiger partial charge in [-0.25, -0.2) is 0 Å². The molecular weight excluding hydrogens is 252 g/mol. The summed E-state index contributed by atoms with van der Waals surface area (Å²) >= 11 is 3.14. The number of carbonyl (C=O) groups is 1. The summed E-state index contributed by atoms with van der Waals surface area (Å²) in [4.78, 5) is 20.2. The summed E-state index contributed by atoms with van der Waals surface area (Å²) < 4.78 is 0.497. The van der Waals surface area contributed by atoms with Crippen LogP contribution >= 0.6 is 15.9 Å². The number of non-ortho nitro benzene ring substituents is 1. The molecule has 0 saturated carbocycles. The summed E-state index contributed by atoms with van der Waals surface area (Å²) in [7, 11) is 0. The molecule has 74 valence electrons. The fourth-order valence-electron chi connectivity index (χ4n) is 1.07. The van der Waals surface area contributed by atoms with Gasteiger partial charge in [0.25, 0.3) is 5.69 Å². The number of carbonyl (C=O) groups excluding carboxylic acids is 1. The third-order valence-electron chi connectivity index (χ3n) is 1.69. The van der Waals surface area contributed by atoms with Crippen LogP contribution in [0.5, 0.6) is 0 Å². The van der Waals surface area contributed by atoms with Crippen LogP contribution in [0.4, 0.5) is 11.4 Å². The lowest BCUT2D eigenvalue weighted by Gasteiger charge is -2.05. The second-order valence-corrected chi connectivity index (χ2v) is 3.49. The predicted molar refractivity (Wildman–Crippen MR) is 55.2 cm³/mol. The molecule has 6 heteroatoms. The molecule has 0 spiro atoms. The van der Waals surface area contributed by atoms with E-state index in [4.69, 9.17) is 0 Å². The number of nitrogens with zero attached hydrogens (tertiary/aromatic N) is 1. The van der Waals surface area contributed by atoms with Crippen molar-refractivity contribution in [2.75, 3.05) is 5.32 Å². The van der Waals surface area contributed by atoms with Crippen molar-refractivity contribution in [3.63, 3.8) is 0 Å². The number of benzene rings is 1. The Balaban J connectivity index is 3.24. The lowest BCUT2D eigenvalue weighted by Crippen LogP contribution is -1.99. The van der Waals surface area contributed by atoms with Crippen molar-refractivity contribution in [3.8, 4) is 0 Å². The third kappa shape index (κ3) is 2.08. The van der Waals surface area contributed by atoms with Crippen LogP contribution in [0, 0.1) is 17.0 Å². The van der Waals surface area contributed by atoms with Crippen molar-refractivity contribution in [1.82, 2.24) is 0 Å². The molecule has 14 heavy (non-hydrogen) atoms. The number of hydrogen-bond donors (Lipinski definition) is 1. The van der Waals surface area contributed by atoms with Gasteiger partial charge in [0, 0.05) is 16.6 Å². The molecule has 0 aliphatic heterocycles. The molecule has 5 nitrogen and oxygen atoms in total. The van der Waals surface area contributed by atoms with Gasteiger partial charge in [-0.05, 0) is 28.4 Å². The number of rotatable bonds is 3. The minimum atomic E-state index is -0.484. The molecule has 0 aromatic heterocycles. The monoisotopic (exact) mass is 258 g/mol. The van der Waals surface area contributed by atoms with Crippen molar-refractivity contribution in [3.05, 3.63) is 32.3 Å². The lowest BCUT2D eigenvalue weighted by atomic mass is 10.2. The standard InChI is InChI=1S/C8H7BrN2O3/c1-5-2-6(11(13)14)3-7(9)8(5)10-4-12/h2-4H,1H3,(H,10,12). The van der Waals surface area contributed by atoms with E-state index >= 15 is 0 Å². The van der Waals surface area contributed by atoms with E-state index in [0.29, 0.717) is 22.1 Å². The summed E-state index contributed by atoms with van der Waals surface area (Å²) in [6, 6.07) is 2.75. The van der Waals surface area contributed by atoms with Crippen LogP contribution in [0.15, 0.2) is 16.6 Å². The Bertz CT molecular complexity index is 369. The highest BCUT2D eigenvalue weighted by Gasteiger charge is 2.12. The first-order valence-electron chi connectivity index (χ1n) is 3.71. The maximum atomic E-state index is 10.5. The summed E-state index contributed by atoms with van der Waals surface area (Å²) in [5.74, 6) is 0. The Kier molecular flexibility index (Phi) is 3.19. The maximum Gasteiger partial charge on any atom is 0.270 e. The highest BCUT2D eigenvalue weighted by molar-refractivity contribution is 9.10. The first-order valence-corrected chi connectivity index (χ1v) is 4.50. The summed E-state index contributed by atoms with van der Waals surface area (Å²) in [6.45, 7) is 1.68. The summed E-state index contributed by atoms with van der Waals surface area (Å²) in [5, 5.41) is 12.9. The van der Waals surface area contributed by atoms with Crippen LogP contribution in [-0.4, -0.2) is 11.3 Å². The quantitative estimate of drug-likeness (QED) is 0.514. The molecule has 1 aromatic carbocycles. The molecule has 0 unspecified atom stereocenters.